The fourth-order valence-corrected chi connectivity index (χ4v) is 2.95. The topological polar surface area (TPSA) is 71.8 Å². The Bertz CT molecular complexity index is 949. The molecule has 1 heterocycles. The average molecular weight is 392 g/mol. The molecule has 150 valence electrons. The predicted molar refractivity (Wildman–Crippen MR) is 111 cm³/mol. The summed E-state index contributed by atoms with van der Waals surface area (Å²) in [5.41, 5.74) is 2.34. The Morgan fingerprint density at radius 1 is 1.03 bits per heavy atom. The van der Waals surface area contributed by atoms with Crippen LogP contribution in [-0.4, -0.2) is 25.5 Å². The molecule has 0 saturated carbocycles. The second kappa shape index (κ2) is 9.59. The van der Waals surface area contributed by atoms with Crippen LogP contribution in [-0.2, 0) is 11.3 Å². The quantitative estimate of drug-likeness (QED) is 0.630. The van der Waals surface area contributed by atoms with E-state index in [1.54, 1.807) is 41.5 Å². The first-order chi connectivity index (χ1) is 14.1. The van der Waals surface area contributed by atoms with Gasteiger partial charge in [-0.25, -0.2) is 0 Å². The van der Waals surface area contributed by atoms with Crippen LogP contribution in [0.3, 0.4) is 0 Å². The van der Waals surface area contributed by atoms with Crippen molar-refractivity contribution in [1.29, 1.82) is 0 Å². The molecular formula is C23H24N2O4. The second-order valence-corrected chi connectivity index (χ2v) is 6.60. The van der Waals surface area contributed by atoms with Crippen molar-refractivity contribution in [2.75, 3.05) is 18.6 Å². The number of ether oxygens (including phenoxy) is 1. The highest BCUT2D eigenvalue weighted by atomic mass is 16.5. The van der Waals surface area contributed by atoms with Gasteiger partial charge in [0.2, 0.25) is 5.91 Å². The molecule has 1 aromatic heterocycles. The lowest BCUT2D eigenvalue weighted by molar-refractivity contribution is -0.118. The van der Waals surface area contributed by atoms with Gasteiger partial charge in [0, 0.05) is 18.7 Å². The number of hydrogen-bond donors (Lipinski definition) is 1. The van der Waals surface area contributed by atoms with Crippen molar-refractivity contribution >= 4 is 17.5 Å². The van der Waals surface area contributed by atoms with Crippen molar-refractivity contribution in [3.63, 3.8) is 0 Å². The lowest BCUT2D eigenvalue weighted by Crippen LogP contribution is -2.34. The molecule has 0 atom stereocenters. The van der Waals surface area contributed by atoms with E-state index < -0.39 is 0 Å². The number of aryl methyl sites for hydroxylation is 1. The Morgan fingerprint density at radius 3 is 2.48 bits per heavy atom. The van der Waals surface area contributed by atoms with Crippen molar-refractivity contribution in [3.8, 4) is 5.75 Å². The molecular weight excluding hydrogens is 368 g/mol. The number of benzene rings is 2. The second-order valence-electron chi connectivity index (χ2n) is 6.60. The largest absolute Gasteiger partial charge is 0.496 e. The summed E-state index contributed by atoms with van der Waals surface area (Å²) in [6.07, 6.45) is 1.75. The van der Waals surface area contributed by atoms with Crippen LogP contribution in [0.4, 0.5) is 5.69 Å². The number of nitrogens with one attached hydrogen (secondary N) is 1. The molecule has 3 aromatic rings. The molecule has 0 aliphatic rings. The number of amides is 2. The maximum absolute atomic E-state index is 12.9. The molecule has 6 nitrogen and oxygen atoms in total. The molecule has 0 bridgehead atoms. The van der Waals surface area contributed by atoms with Gasteiger partial charge >= 0.3 is 0 Å². The van der Waals surface area contributed by atoms with Crippen molar-refractivity contribution < 1.29 is 18.7 Å². The van der Waals surface area contributed by atoms with Gasteiger partial charge in [-0.1, -0.05) is 29.8 Å². The molecule has 2 amide bonds. The number of hydrogen-bond acceptors (Lipinski definition) is 4. The number of furan rings is 1. The van der Waals surface area contributed by atoms with Gasteiger partial charge < -0.3 is 19.4 Å². The van der Waals surface area contributed by atoms with Crippen LogP contribution in [0.5, 0.6) is 5.75 Å². The van der Waals surface area contributed by atoms with E-state index in [0.29, 0.717) is 23.6 Å². The van der Waals surface area contributed by atoms with E-state index in [1.807, 2.05) is 37.3 Å². The van der Waals surface area contributed by atoms with Gasteiger partial charge in [-0.15, -0.1) is 0 Å². The molecule has 0 fully saturated rings. The molecule has 29 heavy (non-hydrogen) atoms. The maximum atomic E-state index is 12.9. The third kappa shape index (κ3) is 5.25. The molecule has 0 aliphatic carbocycles. The molecule has 1 N–H and O–H groups in total. The number of carbonyl (C=O) groups is 2. The summed E-state index contributed by atoms with van der Waals surface area (Å²) in [4.78, 5) is 27.0. The minimum absolute atomic E-state index is 0.106. The molecule has 6 heteroatoms. The highest BCUT2D eigenvalue weighted by Gasteiger charge is 2.18. The molecule has 2 aromatic carbocycles. The van der Waals surface area contributed by atoms with Gasteiger partial charge in [0.05, 0.1) is 25.5 Å². The van der Waals surface area contributed by atoms with Gasteiger partial charge in [-0.2, -0.15) is 0 Å². The minimum atomic E-state index is -0.275. The third-order valence-electron chi connectivity index (χ3n) is 4.52. The van der Waals surface area contributed by atoms with E-state index in [9.17, 15) is 9.59 Å². The predicted octanol–water partition coefficient (Wildman–Crippen LogP) is 3.95. The smallest absolute Gasteiger partial charge is 0.255 e. The Labute approximate surface area is 170 Å². The first-order valence-corrected chi connectivity index (χ1v) is 9.39. The third-order valence-corrected chi connectivity index (χ3v) is 4.52. The summed E-state index contributed by atoms with van der Waals surface area (Å²) >= 11 is 0. The van der Waals surface area contributed by atoms with E-state index in [1.165, 1.54) is 7.11 Å². The fraction of sp³-hybridized carbons (Fsp3) is 0.217. The zero-order chi connectivity index (χ0) is 20.6. The molecule has 0 radical (unpaired) electrons. The SMILES string of the molecule is COc1ccccc1C(=O)NCCC(=O)N(Cc1ccco1)c1ccc(C)cc1. The van der Waals surface area contributed by atoms with Crippen LogP contribution in [0.15, 0.2) is 71.3 Å². The summed E-state index contributed by atoms with van der Waals surface area (Å²) in [7, 11) is 1.52. The summed E-state index contributed by atoms with van der Waals surface area (Å²) in [6.45, 7) is 2.54. The van der Waals surface area contributed by atoms with E-state index >= 15 is 0 Å². The van der Waals surface area contributed by atoms with Crippen molar-refractivity contribution in [1.82, 2.24) is 5.32 Å². The Hall–Kier alpha value is -3.54. The zero-order valence-corrected chi connectivity index (χ0v) is 16.6. The van der Waals surface area contributed by atoms with Crippen LogP contribution in [0, 0.1) is 6.92 Å². The summed E-state index contributed by atoms with van der Waals surface area (Å²) in [5, 5.41) is 2.79. The van der Waals surface area contributed by atoms with Crippen molar-refractivity contribution in [3.05, 3.63) is 83.8 Å². The van der Waals surface area contributed by atoms with E-state index in [0.717, 1.165) is 11.3 Å². The minimum Gasteiger partial charge on any atom is -0.496 e. The van der Waals surface area contributed by atoms with Gasteiger partial charge in [-0.3, -0.25) is 9.59 Å². The van der Waals surface area contributed by atoms with Crippen LogP contribution in [0.1, 0.15) is 28.1 Å². The summed E-state index contributed by atoms with van der Waals surface area (Å²) < 4.78 is 10.6. The Balaban J connectivity index is 1.65. The van der Waals surface area contributed by atoms with Crippen LogP contribution in [0.25, 0.3) is 0 Å². The number of methoxy groups -OCH3 is 1. The van der Waals surface area contributed by atoms with E-state index in [4.69, 9.17) is 9.15 Å². The maximum Gasteiger partial charge on any atom is 0.255 e. The number of nitrogens with zero attached hydrogens (tertiary/aromatic N) is 1. The molecule has 0 spiro atoms. The average Bonchev–Trinajstić information content (AvgIpc) is 3.26. The normalized spacial score (nSPS) is 10.4. The van der Waals surface area contributed by atoms with Crippen molar-refractivity contribution in [2.45, 2.75) is 19.9 Å². The van der Waals surface area contributed by atoms with Gasteiger partial charge in [0.15, 0.2) is 0 Å². The highest BCUT2D eigenvalue weighted by molar-refractivity contribution is 5.98. The van der Waals surface area contributed by atoms with Crippen molar-refractivity contribution in [2.24, 2.45) is 0 Å². The summed E-state index contributed by atoms with van der Waals surface area (Å²) in [6, 6.07) is 18.3. The molecule has 0 saturated heterocycles. The summed E-state index contributed by atoms with van der Waals surface area (Å²) in [5.74, 6) is 0.807. The van der Waals surface area contributed by atoms with E-state index in [-0.39, 0.29) is 24.8 Å². The Morgan fingerprint density at radius 2 is 1.79 bits per heavy atom. The van der Waals surface area contributed by atoms with Gasteiger partial charge in [0.1, 0.15) is 11.5 Å². The van der Waals surface area contributed by atoms with Crippen LogP contribution >= 0.6 is 0 Å². The first-order valence-electron chi connectivity index (χ1n) is 9.39. The monoisotopic (exact) mass is 392 g/mol. The number of anilines is 1. The van der Waals surface area contributed by atoms with E-state index in [2.05, 4.69) is 5.32 Å². The molecule has 3 rings (SSSR count). The fourth-order valence-electron chi connectivity index (χ4n) is 2.95. The van der Waals surface area contributed by atoms with Crippen LogP contribution < -0.4 is 15.0 Å². The number of rotatable bonds is 8. The first kappa shape index (κ1) is 20.2. The lowest BCUT2D eigenvalue weighted by Gasteiger charge is -2.22. The standard InChI is InChI=1S/C23H24N2O4/c1-17-9-11-18(12-10-17)25(16-19-6-5-15-29-19)22(26)13-14-24-23(27)20-7-3-4-8-21(20)28-2/h3-12,15H,13-14,16H2,1-2H3,(H,24,27). The number of carbonyl (C=O) groups excluding carboxylic acids is 2. The number of para-hydroxylation sites is 1. The molecule has 0 aliphatic heterocycles. The van der Waals surface area contributed by atoms with Gasteiger partial charge in [-0.05, 0) is 43.3 Å². The Kier molecular flexibility index (Phi) is 6.68. The van der Waals surface area contributed by atoms with Crippen LogP contribution in [0.2, 0.25) is 0 Å². The molecule has 0 unspecified atom stereocenters. The zero-order valence-electron chi connectivity index (χ0n) is 16.6. The highest BCUT2D eigenvalue weighted by Crippen LogP contribution is 2.20. The van der Waals surface area contributed by atoms with Gasteiger partial charge in [0.25, 0.3) is 5.91 Å². The lowest BCUT2D eigenvalue weighted by atomic mass is 10.2.